The lowest BCUT2D eigenvalue weighted by Crippen LogP contribution is -2.43. The Hall–Kier alpha value is -2.92. The van der Waals surface area contributed by atoms with E-state index in [-0.39, 0.29) is 30.9 Å². The molecule has 0 heterocycles. The summed E-state index contributed by atoms with van der Waals surface area (Å²) < 4.78 is 5.40. The van der Waals surface area contributed by atoms with Crippen molar-refractivity contribution in [3.63, 3.8) is 0 Å². The number of esters is 1. The van der Waals surface area contributed by atoms with Crippen molar-refractivity contribution in [2.24, 2.45) is 0 Å². The molecule has 5 nitrogen and oxygen atoms in total. The third-order valence-corrected chi connectivity index (χ3v) is 6.11. The zero-order chi connectivity index (χ0) is 26.2. The van der Waals surface area contributed by atoms with Crippen molar-refractivity contribution in [1.82, 2.24) is 10.2 Å². The summed E-state index contributed by atoms with van der Waals surface area (Å²) in [6.45, 7) is 5.13. The Balaban J connectivity index is 1.59. The van der Waals surface area contributed by atoms with E-state index in [1.807, 2.05) is 49.3 Å². The Labute approximate surface area is 217 Å². The van der Waals surface area contributed by atoms with Crippen LogP contribution in [0.3, 0.4) is 0 Å². The highest BCUT2D eigenvalue weighted by Crippen LogP contribution is 2.14. The highest BCUT2D eigenvalue weighted by molar-refractivity contribution is 5.77. The van der Waals surface area contributed by atoms with Crippen LogP contribution in [-0.2, 0) is 20.9 Å². The molecule has 2 aromatic rings. The Bertz CT molecular complexity index is 954. The molecule has 0 spiro atoms. The fraction of sp³-hybridized carbons (Fsp3) is 0.484. The molecule has 0 fully saturated rings. The van der Waals surface area contributed by atoms with Gasteiger partial charge in [-0.15, -0.1) is 0 Å². The van der Waals surface area contributed by atoms with Gasteiger partial charge in [-0.3, -0.25) is 9.59 Å². The molecule has 0 aliphatic rings. The summed E-state index contributed by atoms with van der Waals surface area (Å²) in [6.07, 6.45) is 11.7. The molecule has 1 amide bonds. The first kappa shape index (κ1) is 29.3. The molecular formula is C31H44N2O3. The predicted molar refractivity (Wildman–Crippen MR) is 149 cm³/mol. The summed E-state index contributed by atoms with van der Waals surface area (Å²) in [5.41, 5.74) is 4.86. The zero-order valence-electron chi connectivity index (χ0n) is 22.6. The van der Waals surface area contributed by atoms with Crippen molar-refractivity contribution < 1.29 is 14.3 Å². The number of carbonyl (C=O) groups is 2. The van der Waals surface area contributed by atoms with Crippen LogP contribution in [0.15, 0.2) is 54.6 Å². The molecule has 0 aromatic heterocycles. The normalized spacial score (nSPS) is 12.1. The molecule has 0 aliphatic heterocycles. The van der Waals surface area contributed by atoms with Crippen LogP contribution in [0.2, 0.25) is 0 Å². The second-order valence-electron chi connectivity index (χ2n) is 9.95. The van der Waals surface area contributed by atoms with Crippen LogP contribution in [0.25, 0.3) is 6.08 Å². The standard InChI is InChI=1S/C31H44N2O3/c1-25-19-20-26(2)28(21-25)17-13-8-6-5-7-9-14-18-30(34)32-29(23-33(3)4)22-31(35)36-24-27-15-11-10-12-16-27/h10-13,15-17,19-21,29H,5-9,14,18,22-24H2,1-4H3,(H,32,34). The van der Waals surface area contributed by atoms with E-state index >= 15 is 0 Å². The van der Waals surface area contributed by atoms with Gasteiger partial charge in [0.05, 0.1) is 12.5 Å². The average Bonchev–Trinajstić information content (AvgIpc) is 2.84. The number of unbranched alkanes of at least 4 members (excludes halogenated alkanes) is 5. The predicted octanol–water partition coefficient (Wildman–Crippen LogP) is 6.23. The maximum Gasteiger partial charge on any atom is 0.308 e. The Kier molecular flexibility index (Phi) is 13.6. The number of allylic oxidation sites excluding steroid dienone is 1. The summed E-state index contributed by atoms with van der Waals surface area (Å²) >= 11 is 0. The Morgan fingerprint density at radius 2 is 1.69 bits per heavy atom. The first-order valence-corrected chi connectivity index (χ1v) is 13.2. The van der Waals surface area contributed by atoms with Crippen LogP contribution in [0.4, 0.5) is 0 Å². The van der Waals surface area contributed by atoms with E-state index in [0.29, 0.717) is 13.0 Å². The molecular weight excluding hydrogens is 448 g/mol. The van der Waals surface area contributed by atoms with Crippen molar-refractivity contribution >= 4 is 18.0 Å². The SMILES string of the molecule is Cc1ccc(C)c(C=CCCCCCCCC(=O)NC(CC(=O)OCc2ccccc2)CN(C)C)c1. The van der Waals surface area contributed by atoms with Crippen molar-refractivity contribution in [2.75, 3.05) is 20.6 Å². The largest absolute Gasteiger partial charge is 0.461 e. The molecule has 0 saturated heterocycles. The minimum absolute atomic E-state index is 0.00849. The second-order valence-corrected chi connectivity index (χ2v) is 9.95. The van der Waals surface area contributed by atoms with E-state index in [1.54, 1.807) is 0 Å². The summed E-state index contributed by atoms with van der Waals surface area (Å²) in [6, 6.07) is 15.9. The summed E-state index contributed by atoms with van der Waals surface area (Å²) in [4.78, 5) is 26.8. The van der Waals surface area contributed by atoms with E-state index in [1.165, 1.54) is 29.5 Å². The minimum Gasteiger partial charge on any atom is -0.461 e. The number of likely N-dealkylation sites (N-methyl/N-ethyl adjacent to an activating group) is 1. The van der Waals surface area contributed by atoms with Gasteiger partial charge in [0.2, 0.25) is 5.91 Å². The van der Waals surface area contributed by atoms with Crippen molar-refractivity contribution in [3.05, 3.63) is 76.9 Å². The maximum atomic E-state index is 12.5. The third-order valence-electron chi connectivity index (χ3n) is 6.11. The highest BCUT2D eigenvalue weighted by Gasteiger charge is 2.18. The zero-order valence-corrected chi connectivity index (χ0v) is 22.6. The molecule has 196 valence electrons. The molecule has 1 N–H and O–H groups in total. The fourth-order valence-corrected chi connectivity index (χ4v) is 4.13. The average molecular weight is 493 g/mol. The van der Waals surface area contributed by atoms with Crippen molar-refractivity contribution in [3.8, 4) is 0 Å². The number of hydrogen-bond donors (Lipinski definition) is 1. The van der Waals surface area contributed by atoms with Crippen molar-refractivity contribution in [1.29, 1.82) is 0 Å². The monoisotopic (exact) mass is 492 g/mol. The lowest BCUT2D eigenvalue weighted by molar-refractivity contribution is -0.145. The first-order valence-electron chi connectivity index (χ1n) is 13.2. The lowest BCUT2D eigenvalue weighted by atomic mass is 10.0. The van der Waals surface area contributed by atoms with Gasteiger partial charge in [0.1, 0.15) is 6.61 Å². The fourth-order valence-electron chi connectivity index (χ4n) is 4.13. The molecule has 2 aromatic carbocycles. The van der Waals surface area contributed by atoms with Gasteiger partial charge < -0.3 is 15.0 Å². The number of aryl methyl sites for hydroxylation is 2. The molecule has 1 unspecified atom stereocenters. The smallest absolute Gasteiger partial charge is 0.308 e. The molecule has 0 aliphatic carbocycles. The lowest BCUT2D eigenvalue weighted by Gasteiger charge is -2.22. The quantitative estimate of drug-likeness (QED) is 0.223. The van der Waals surface area contributed by atoms with E-state index < -0.39 is 0 Å². The van der Waals surface area contributed by atoms with Crippen molar-refractivity contribution in [2.45, 2.75) is 77.9 Å². The van der Waals surface area contributed by atoms with Crippen LogP contribution in [0, 0.1) is 13.8 Å². The van der Waals surface area contributed by atoms with Crippen LogP contribution in [0.5, 0.6) is 0 Å². The first-order chi connectivity index (χ1) is 17.3. The van der Waals surface area contributed by atoms with Gasteiger partial charge in [-0.25, -0.2) is 0 Å². The topological polar surface area (TPSA) is 58.6 Å². The van der Waals surface area contributed by atoms with Gasteiger partial charge in [-0.1, -0.05) is 85.5 Å². The Morgan fingerprint density at radius 3 is 2.44 bits per heavy atom. The van der Waals surface area contributed by atoms with Gasteiger partial charge in [0.15, 0.2) is 0 Å². The van der Waals surface area contributed by atoms with E-state index in [4.69, 9.17) is 4.74 Å². The molecule has 36 heavy (non-hydrogen) atoms. The highest BCUT2D eigenvalue weighted by atomic mass is 16.5. The molecule has 0 saturated carbocycles. The summed E-state index contributed by atoms with van der Waals surface area (Å²) in [7, 11) is 3.87. The van der Waals surface area contributed by atoms with Gasteiger partial charge in [-0.05, 0) is 63.9 Å². The number of nitrogens with zero attached hydrogens (tertiary/aromatic N) is 1. The third kappa shape index (κ3) is 12.7. The number of amides is 1. The molecule has 0 radical (unpaired) electrons. The van der Waals surface area contributed by atoms with Gasteiger partial charge in [0, 0.05) is 13.0 Å². The van der Waals surface area contributed by atoms with Gasteiger partial charge in [-0.2, -0.15) is 0 Å². The Morgan fingerprint density at radius 1 is 0.972 bits per heavy atom. The van der Waals surface area contributed by atoms with Crippen LogP contribution in [-0.4, -0.2) is 43.5 Å². The number of benzene rings is 2. The number of carbonyl (C=O) groups excluding carboxylic acids is 2. The van der Waals surface area contributed by atoms with E-state index in [2.05, 4.69) is 49.5 Å². The number of hydrogen-bond acceptors (Lipinski definition) is 4. The minimum atomic E-state index is -0.294. The van der Waals surface area contributed by atoms with Gasteiger partial charge in [0.25, 0.3) is 0 Å². The van der Waals surface area contributed by atoms with Crippen LogP contribution >= 0.6 is 0 Å². The summed E-state index contributed by atoms with van der Waals surface area (Å²) in [5.74, 6) is -0.285. The van der Waals surface area contributed by atoms with E-state index in [9.17, 15) is 9.59 Å². The number of ether oxygens (including phenoxy) is 1. The van der Waals surface area contributed by atoms with Crippen LogP contribution < -0.4 is 5.32 Å². The number of rotatable bonds is 16. The molecule has 2 rings (SSSR count). The maximum absolute atomic E-state index is 12.5. The van der Waals surface area contributed by atoms with E-state index in [0.717, 1.165) is 31.2 Å². The molecule has 5 heteroatoms. The molecule has 0 bridgehead atoms. The van der Waals surface area contributed by atoms with Crippen LogP contribution in [0.1, 0.15) is 73.6 Å². The second kappa shape index (κ2) is 16.7. The number of nitrogens with one attached hydrogen (secondary N) is 1. The van der Waals surface area contributed by atoms with Gasteiger partial charge >= 0.3 is 5.97 Å². The summed E-state index contributed by atoms with van der Waals surface area (Å²) in [5, 5.41) is 3.03. The molecule has 1 atom stereocenters.